The minimum Gasteiger partial charge on any atom is -0.508 e. The summed E-state index contributed by atoms with van der Waals surface area (Å²) in [6, 6.07) is 11.0. The average molecular weight is 428 g/mol. The van der Waals surface area contributed by atoms with Gasteiger partial charge in [-0.25, -0.2) is 5.10 Å². The lowest BCUT2D eigenvalue weighted by Crippen LogP contribution is -2.29. The SMILES string of the molecule is O=c1[nH]nc(-c2ccc(Cl)cc2Cl)c2c1Nc1nnnn1[C@@H]2c1cccc(O)c1. The molecule has 1 atom stereocenters. The third kappa shape index (κ3) is 2.82. The van der Waals surface area contributed by atoms with Gasteiger partial charge in [0.2, 0.25) is 5.95 Å². The quantitative estimate of drug-likeness (QED) is 0.395. The van der Waals surface area contributed by atoms with E-state index in [0.717, 1.165) is 0 Å². The summed E-state index contributed by atoms with van der Waals surface area (Å²) in [7, 11) is 0. The molecule has 1 aliphatic rings. The Bertz CT molecular complexity index is 1320. The average Bonchev–Trinajstić information content (AvgIpc) is 3.16. The number of aromatic hydroxyl groups is 1. The monoisotopic (exact) mass is 427 g/mol. The molecule has 3 N–H and O–H groups in total. The first-order chi connectivity index (χ1) is 14.0. The van der Waals surface area contributed by atoms with E-state index in [1.165, 1.54) is 4.68 Å². The van der Waals surface area contributed by atoms with Gasteiger partial charge in [-0.1, -0.05) is 40.4 Å². The van der Waals surface area contributed by atoms with Crippen LogP contribution in [0.4, 0.5) is 11.6 Å². The molecule has 3 heterocycles. The number of hydrogen-bond donors (Lipinski definition) is 3. The zero-order valence-corrected chi connectivity index (χ0v) is 16.0. The van der Waals surface area contributed by atoms with E-state index in [9.17, 15) is 9.90 Å². The van der Waals surface area contributed by atoms with E-state index in [1.54, 1.807) is 42.5 Å². The smallest absolute Gasteiger partial charge is 0.288 e. The van der Waals surface area contributed by atoms with Gasteiger partial charge in [-0.2, -0.15) is 9.78 Å². The van der Waals surface area contributed by atoms with Crippen molar-refractivity contribution in [1.29, 1.82) is 0 Å². The first kappa shape index (κ1) is 17.7. The van der Waals surface area contributed by atoms with Gasteiger partial charge < -0.3 is 10.4 Å². The van der Waals surface area contributed by atoms with Crippen LogP contribution in [0.15, 0.2) is 47.3 Å². The third-order valence-corrected chi connectivity index (χ3v) is 5.19. The predicted octanol–water partition coefficient (Wildman–Crippen LogP) is 3.13. The summed E-state index contributed by atoms with van der Waals surface area (Å²) in [6.45, 7) is 0. The van der Waals surface area contributed by atoms with Crippen molar-refractivity contribution in [3.8, 4) is 17.0 Å². The fourth-order valence-corrected chi connectivity index (χ4v) is 3.93. The number of nitrogens with one attached hydrogen (secondary N) is 2. The van der Waals surface area contributed by atoms with Gasteiger partial charge in [0.1, 0.15) is 23.2 Å². The number of phenolic OH excluding ortho intramolecular Hbond substituents is 1. The summed E-state index contributed by atoms with van der Waals surface area (Å²) in [4.78, 5) is 12.6. The molecule has 144 valence electrons. The molecule has 11 heteroatoms. The van der Waals surface area contributed by atoms with Gasteiger partial charge in [-0.05, 0) is 46.3 Å². The number of benzene rings is 2. The summed E-state index contributed by atoms with van der Waals surface area (Å²) in [5, 5.41) is 32.3. The van der Waals surface area contributed by atoms with E-state index in [1.807, 2.05) is 0 Å². The number of fused-ring (bicyclic) bond motifs is 2. The Kier molecular flexibility index (Phi) is 4.00. The molecule has 0 unspecified atom stereocenters. The van der Waals surface area contributed by atoms with E-state index >= 15 is 0 Å². The minimum atomic E-state index is -0.625. The zero-order chi connectivity index (χ0) is 20.1. The van der Waals surface area contributed by atoms with Crippen molar-refractivity contribution in [3.63, 3.8) is 0 Å². The van der Waals surface area contributed by atoms with Crippen LogP contribution in [-0.4, -0.2) is 35.5 Å². The number of H-pyrrole nitrogens is 1. The Morgan fingerprint density at radius 3 is 2.79 bits per heavy atom. The van der Waals surface area contributed by atoms with Crippen LogP contribution < -0.4 is 10.9 Å². The van der Waals surface area contributed by atoms with Crippen LogP contribution in [0.3, 0.4) is 0 Å². The van der Waals surface area contributed by atoms with E-state index in [-0.39, 0.29) is 17.4 Å². The normalized spacial score (nSPS) is 14.8. The van der Waals surface area contributed by atoms with Gasteiger partial charge in [0.05, 0.1) is 5.02 Å². The van der Waals surface area contributed by atoms with Crippen molar-refractivity contribution >= 4 is 34.8 Å². The lowest BCUT2D eigenvalue weighted by Gasteiger charge is -2.28. The maximum atomic E-state index is 12.6. The third-order valence-electron chi connectivity index (χ3n) is 4.64. The minimum absolute atomic E-state index is 0.0704. The second-order valence-electron chi connectivity index (χ2n) is 6.38. The maximum Gasteiger partial charge on any atom is 0.288 e. The van der Waals surface area contributed by atoms with Crippen LogP contribution in [-0.2, 0) is 0 Å². The number of phenols is 1. The van der Waals surface area contributed by atoms with Crippen molar-refractivity contribution in [2.45, 2.75) is 6.04 Å². The van der Waals surface area contributed by atoms with E-state index < -0.39 is 11.6 Å². The van der Waals surface area contributed by atoms with Crippen molar-refractivity contribution in [1.82, 2.24) is 30.4 Å². The van der Waals surface area contributed by atoms with E-state index in [4.69, 9.17) is 23.2 Å². The van der Waals surface area contributed by atoms with E-state index in [2.05, 4.69) is 31.0 Å². The molecule has 4 aromatic rings. The molecular formula is C18H11Cl2N7O2. The summed E-state index contributed by atoms with van der Waals surface area (Å²) in [6.07, 6.45) is 0. The lowest BCUT2D eigenvalue weighted by atomic mass is 9.92. The number of anilines is 2. The highest BCUT2D eigenvalue weighted by Gasteiger charge is 2.34. The van der Waals surface area contributed by atoms with Crippen molar-refractivity contribution in [2.75, 3.05) is 5.32 Å². The Morgan fingerprint density at radius 1 is 1.14 bits per heavy atom. The lowest BCUT2D eigenvalue weighted by molar-refractivity contribution is 0.472. The molecule has 0 radical (unpaired) electrons. The van der Waals surface area contributed by atoms with Crippen LogP contribution in [0.5, 0.6) is 5.75 Å². The van der Waals surface area contributed by atoms with Crippen molar-refractivity contribution < 1.29 is 5.11 Å². The fraction of sp³-hybridized carbons (Fsp3) is 0.0556. The Morgan fingerprint density at radius 2 is 2.00 bits per heavy atom. The summed E-state index contributed by atoms with van der Waals surface area (Å²) in [5.74, 6) is 0.358. The molecule has 9 nitrogen and oxygen atoms in total. The summed E-state index contributed by atoms with van der Waals surface area (Å²) < 4.78 is 1.52. The fourth-order valence-electron chi connectivity index (χ4n) is 3.43. The molecular weight excluding hydrogens is 417 g/mol. The van der Waals surface area contributed by atoms with Crippen molar-refractivity contribution in [3.05, 3.63) is 74.0 Å². The molecule has 5 rings (SSSR count). The molecule has 0 fully saturated rings. The number of halogens is 2. The Labute approximate surface area is 172 Å². The topological polar surface area (TPSA) is 122 Å². The highest BCUT2D eigenvalue weighted by molar-refractivity contribution is 6.36. The predicted molar refractivity (Wildman–Crippen MR) is 107 cm³/mol. The molecule has 2 aromatic heterocycles. The number of aromatic nitrogens is 6. The van der Waals surface area contributed by atoms with E-state index in [0.29, 0.717) is 32.4 Å². The molecule has 2 aromatic carbocycles. The molecule has 29 heavy (non-hydrogen) atoms. The van der Waals surface area contributed by atoms with Gasteiger partial charge >= 0.3 is 0 Å². The standard InChI is InChI=1S/C18H11Cl2N7O2/c19-9-4-5-11(12(20)7-9)14-13-15(17(29)23-22-14)21-18-24-25-26-27(18)16(13)8-2-1-3-10(28)6-8/h1-7,16,28H,(H,23,29)(H,21,24,26)/t16-/m1/s1. The highest BCUT2D eigenvalue weighted by atomic mass is 35.5. The Balaban J connectivity index is 1.84. The summed E-state index contributed by atoms with van der Waals surface area (Å²) in [5.41, 5.74) is 2.00. The van der Waals surface area contributed by atoms with Gasteiger partial charge in [-0.3, -0.25) is 4.79 Å². The first-order valence-corrected chi connectivity index (χ1v) is 9.20. The van der Waals surface area contributed by atoms with Crippen LogP contribution >= 0.6 is 23.2 Å². The molecule has 0 aliphatic carbocycles. The second-order valence-corrected chi connectivity index (χ2v) is 7.23. The number of aromatic amines is 1. The molecule has 1 aliphatic heterocycles. The largest absolute Gasteiger partial charge is 0.508 e. The van der Waals surface area contributed by atoms with Crippen LogP contribution in [0.25, 0.3) is 11.3 Å². The van der Waals surface area contributed by atoms with Gasteiger partial charge in [0, 0.05) is 16.1 Å². The Hall–Kier alpha value is -3.43. The first-order valence-electron chi connectivity index (χ1n) is 8.45. The van der Waals surface area contributed by atoms with Crippen molar-refractivity contribution in [2.24, 2.45) is 0 Å². The van der Waals surface area contributed by atoms with Gasteiger partial charge in [0.15, 0.2) is 0 Å². The van der Waals surface area contributed by atoms with Gasteiger partial charge in [0.25, 0.3) is 5.56 Å². The highest BCUT2D eigenvalue weighted by Crippen LogP contribution is 2.43. The van der Waals surface area contributed by atoms with Crippen LogP contribution in [0.2, 0.25) is 10.0 Å². The molecule has 0 saturated heterocycles. The number of hydrogen-bond acceptors (Lipinski definition) is 7. The molecule has 0 bridgehead atoms. The number of rotatable bonds is 2. The summed E-state index contributed by atoms with van der Waals surface area (Å²) >= 11 is 12.5. The molecule has 0 amide bonds. The number of nitrogens with zero attached hydrogens (tertiary/aromatic N) is 5. The molecule has 0 saturated carbocycles. The maximum absolute atomic E-state index is 12.6. The van der Waals surface area contributed by atoms with Gasteiger partial charge in [-0.15, -0.1) is 0 Å². The van der Waals surface area contributed by atoms with Crippen LogP contribution in [0, 0.1) is 0 Å². The number of tetrazole rings is 1. The zero-order valence-electron chi connectivity index (χ0n) is 14.5. The van der Waals surface area contributed by atoms with Crippen LogP contribution in [0.1, 0.15) is 17.2 Å². The molecule has 0 spiro atoms. The second kappa shape index (κ2) is 6.57.